The third-order valence-electron chi connectivity index (χ3n) is 7.33. The fourth-order valence-electron chi connectivity index (χ4n) is 4.78. The van der Waals surface area contributed by atoms with Crippen LogP contribution in [0.2, 0.25) is 0 Å². The van der Waals surface area contributed by atoms with Crippen LogP contribution in [0.4, 0.5) is 17.3 Å². The van der Waals surface area contributed by atoms with Crippen LogP contribution in [-0.4, -0.2) is 51.4 Å². The quantitative estimate of drug-likeness (QED) is 0.399. The number of pyridine rings is 1. The normalized spacial score (nSPS) is 16.9. The van der Waals surface area contributed by atoms with Crippen LogP contribution in [0.1, 0.15) is 55.5 Å². The number of piperidine rings is 1. The van der Waals surface area contributed by atoms with E-state index in [0.717, 1.165) is 42.8 Å². The van der Waals surface area contributed by atoms with Gasteiger partial charge in [-0.25, -0.2) is 4.98 Å². The molecule has 1 aromatic carbocycles. The van der Waals surface area contributed by atoms with Crippen LogP contribution in [0.25, 0.3) is 11.3 Å². The highest BCUT2D eigenvalue weighted by atomic mass is 16.3. The summed E-state index contributed by atoms with van der Waals surface area (Å²) in [5.74, 6) is 1.15. The van der Waals surface area contributed by atoms with Gasteiger partial charge in [0.25, 0.3) is 5.91 Å². The summed E-state index contributed by atoms with van der Waals surface area (Å²) < 4.78 is 0. The van der Waals surface area contributed by atoms with Gasteiger partial charge >= 0.3 is 0 Å². The molecule has 2 aliphatic rings. The van der Waals surface area contributed by atoms with Crippen molar-refractivity contribution >= 4 is 23.2 Å². The van der Waals surface area contributed by atoms with Crippen molar-refractivity contribution in [3.8, 4) is 11.3 Å². The minimum absolute atomic E-state index is 0.0236. The lowest BCUT2D eigenvalue weighted by atomic mass is 9.93. The predicted octanol–water partition coefficient (Wildman–Crippen LogP) is 4.60. The number of benzene rings is 1. The number of aliphatic hydroxyl groups is 1. The maximum absolute atomic E-state index is 13.5. The average Bonchev–Trinajstić information content (AvgIpc) is 3.37. The summed E-state index contributed by atoms with van der Waals surface area (Å²) >= 11 is 0. The van der Waals surface area contributed by atoms with Gasteiger partial charge in [0.15, 0.2) is 0 Å². The number of aromatic amines is 1. The first-order valence-electron chi connectivity index (χ1n) is 12.3. The van der Waals surface area contributed by atoms with Crippen molar-refractivity contribution in [3.63, 3.8) is 0 Å². The number of aromatic nitrogens is 3. The lowest BCUT2D eigenvalue weighted by Crippen LogP contribution is -2.38. The number of hydrogen-bond acceptors (Lipinski definition) is 6. The van der Waals surface area contributed by atoms with Crippen molar-refractivity contribution in [1.29, 1.82) is 0 Å². The van der Waals surface area contributed by atoms with Gasteiger partial charge in [0.2, 0.25) is 0 Å². The summed E-state index contributed by atoms with van der Waals surface area (Å²) in [6.45, 7) is 7.63. The Balaban J connectivity index is 1.42. The van der Waals surface area contributed by atoms with Crippen LogP contribution in [-0.2, 0) is 0 Å². The Morgan fingerprint density at radius 2 is 1.91 bits per heavy atom. The summed E-state index contributed by atoms with van der Waals surface area (Å²) in [7, 11) is 0. The molecule has 1 saturated heterocycles. The van der Waals surface area contributed by atoms with E-state index in [1.807, 2.05) is 57.2 Å². The Kier molecular flexibility index (Phi) is 6.01. The molecule has 2 fully saturated rings. The van der Waals surface area contributed by atoms with Crippen LogP contribution in [0, 0.1) is 12.3 Å². The zero-order chi connectivity index (χ0) is 24.6. The van der Waals surface area contributed by atoms with Gasteiger partial charge in [-0.15, -0.1) is 0 Å². The second-order valence-corrected chi connectivity index (χ2v) is 10.7. The molecule has 0 unspecified atom stereocenters. The van der Waals surface area contributed by atoms with Crippen molar-refractivity contribution < 1.29 is 9.90 Å². The lowest BCUT2D eigenvalue weighted by molar-refractivity contribution is 0.102. The SMILES string of the molecule is Cc1ccc(NC(=O)c2ccc(NC(C)(C)CO)nc2N2CCC3(CC2)CC3)cc1-c1cc[nH]n1. The van der Waals surface area contributed by atoms with Gasteiger partial charge in [-0.2, -0.15) is 5.10 Å². The van der Waals surface area contributed by atoms with Crippen molar-refractivity contribution in [2.75, 3.05) is 35.2 Å². The maximum Gasteiger partial charge on any atom is 0.259 e. The number of nitrogens with zero attached hydrogens (tertiary/aromatic N) is 3. The van der Waals surface area contributed by atoms with Gasteiger partial charge in [-0.1, -0.05) is 6.07 Å². The third-order valence-corrected chi connectivity index (χ3v) is 7.33. The minimum atomic E-state index is -0.515. The minimum Gasteiger partial charge on any atom is -0.394 e. The summed E-state index contributed by atoms with van der Waals surface area (Å²) in [4.78, 5) is 20.6. The van der Waals surface area contributed by atoms with Crippen molar-refractivity contribution in [3.05, 3.63) is 53.7 Å². The number of aliphatic hydroxyl groups excluding tert-OH is 1. The van der Waals surface area contributed by atoms with Crippen molar-refractivity contribution in [2.24, 2.45) is 5.41 Å². The topological polar surface area (TPSA) is 106 Å². The summed E-state index contributed by atoms with van der Waals surface area (Å²) in [5.41, 5.74) is 4.16. The van der Waals surface area contributed by atoms with Crippen LogP contribution in [0.15, 0.2) is 42.6 Å². The van der Waals surface area contributed by atoms with E-state index in [4.69, 9.17) is 4.98 Å². The number of anilines is 3. The molecule has 4 N–H and O–H groups in total. The molecular formula is C27H34N6O2. The zero-order valence-electron chi connectivity index (χ0n) is 20.7. The number of aryl methyl sites for hydroxylation is 1. The Bertz CT molecular complexity index is 1210. The Hall–Kier alpha value is -3.39. The predicted molar refractivity (Wildman–Crippen MR) is 139 cm³/mol. The van der Waals surface area contributed by atoms with E-state index in [1.54, 1.807) is 6.20 Å². The molecule has 1 aliphatic heterocycles. The second-order valence-electron chi connectivity index (χ2n) is 10.7. The van der Waals surface area contributed by atoms with Gasteiger partial charge < -0.3 is 20.6 Å². The maximum atomic E-state index is 13.5. The van der Waals surface area contributed by atoms with E-state index in [0.29, 0.717) is 28.3 Å². The third kappa shape index (κ3) is 5.03. The first-order chi connectivity index (χ1) is 16.8. The highest BCUT2D eigenvalue weighted by Crippen LogP contribution is 2.54. The highest BCUT2D eigenvalue weighted by molar-refractivity contribution is 6.08. The molecule has 184 valence electrons. The average molecular weight is 475 g/mol. The Labute approximate surface area is 206 Å². The molecule has 1 amide bonds. The Morgan fingerprint density at radius 3 is 2.57 bits per heavy atom. The number of carbonyl (C=O) groups excluding carboxylic acids is 1. The first-order valence-corrected chi connectivity index (χ1v) is 12.3. The van der Waals surface area contributed by atoms with Gasteiger partial charge in [0.05, 0.1) is 23.4 Å². The van der Waals surface area contributed by atoms with Crippen LogP contribution in [0.5, 0.6) is 0 Å². The molecule has 35 heavy (non-hydrogen) atoms. The molecular weight excluding hydrogens is 440 g/mol. The monoisotopic (exact) mass is 474 g/mol. The number of nitrogens with one attached hydrogen (secondary N) is 3. The molecule has 0 radical (unpaired) electrons. The van der Waals surface area contributed by atoms with Gasteiger partial charge in [-0.05, 0) is 87.8 Å². The molecule has 1 aliphatic carbocycles. The van der Waals surface area contributed by atoms with E-state index in [-0.39, 0.29) is 12.5 Å². The highest BCUT2D eigenvalue weighted by Gasteiger charge is 2.45. The zero-order valence-corrected chi connectivity index (χ0v) is 20.7. The molecule has 0 atom stereocenters. The number of H-pyrrole nitrogens is 1. The summed E-state index contributed by atoms with van der Waals surface area (Å²) in [6.07, 6.45) is 6.70. The van der Waals surface area contributed by atoms with E-state index in [1.165, 1.54) is 12.8 Å². The lowest BCUT2D eigenvalue weighted by Gasteiger charge is -2.34. The number of hydrogen-bond donors (Lipinski definition) is 4. The number of carbonyl (C=O) groups is 1. The molecule has 1 spiro atoms. The standard InChI is InChI=1S/C27H34N6O2/c1-18-4-5-19(16-21(18)22-8-13-28-32-22)29-25(35)20-6-7-23(31-26(2,3)17-34)30-24(20)33-14-11-27(9-10-27)12-15-33/h4-8,13,16,34H,9-12,14-15,17H2,1-3H3,(H,28,32)(H,29,35)(H,30,31). The molecule has 1 saturated carbocycles. The van der Waals surface area contributed by atoms with Crippen LogP contribution >= 0.6 is 0 Å². The van der Waals surface area contributed by atoms with E-state index < -0.39 is 5.54 Å². The number of rotatable bonds is 7. The molecule has 8 nitrogen and oxygen atoms in total. The fraction of sp³-hybridized carbons (Fsp3) is 0.444. The van der Waals surface area contributed by atoms with Gasteiger partial charge in [-0.3, -0.25) is 9.89 Å². The number of amides is 1. The molecule has 8 heteroatoms. The van der Waals surface area contributed by atoms with Gasteiger partial charge in [0.1, 0.15) is 11.6 Å². The van der Waals surface area contributed by atoms with Crippen molar-refractivity contribution in [2.45, 2.75) is 52.0 Å². The summed E-state index contributed by atoms with van der Waals surface area (Å²) in [5, 5.41) is 23.2. The van der Waals surface area contributed by atoms with Crippen LogP contribution < -0.4 is 15.5 Å². The molecule has 0 bridgehead atoms. The smallest absolute Gasteiger partial charge is 0.259 e. The van der Waals surface area contributed by atoms with E-state index in [2.05, 4.69) is 25.7 Å². The molecule has 3 heterocycles. The van der Waals surface area contributed by atoms with Crippen molar-refractivity contribution in [1.82, 2.24) is 15.2 Å². The molecule has 2 aromatic heterocycles. The second kappa shape index (κ2) is 9.00. The first kappa shape index (κ1) is 23.4. The fourth-order valence-corrected chi connectivity index (χ4v) is 4.78. The van der Waals surface area contributed by atoms with Gasteiger partial charge in [0, 0.05) is 30.5 Å². The van der Waals surface area contributed by atoms with E-state index >= 15 is 0 Å². The molecule has 5 rings (SSSR count). The van der Waals surface area contributed by atoms with Crippen LogP contribution in [0.3, 0.4) is 0 Å². The Morgan fingerprint density at radius 1 is 1.14 bits per heavy atom. The largest absolute Gasteiger partial charge is 0.394 e. The van der Waals surface area contributed by atoms with E-state index in [9.17, 15) is 9.90 Å². The summed E-state index contributed by atoms with van der Waals surface area (Å²) in [6, 6.07) is 11.4. The molecule has 3 aromatic rings.